The van der Waals surface area contributed by atoms with E-state index in [1.807, 2.05) is 35.7 Å². The Kier molecular flexibility index (Phi) is 7.65. The Morgan fingerprint density at radius 3 is 2.56 bits per heavy atom. The third-order valence-electron chi connectivity index (χ3n) is 7.40. The summed E-state index contributed by atoms with van der Waals surface area (Å²) in [5.74, 6) is 0.908. The summed E-state index contributed by atoms with van der Waals surface area (Å²) in [4.78, 5) is 19.0. The van der Waals surface area contributed by atoms with Crippen LogP contribution in [0.2, 0.25) is 5.02 Å². The van der Waals surface area contributed by atoms with Gasteiger partial charge in [-0.2, -0.15) is 0 Å². The SMILES string of the molecule is CC1=CS(=O)c2cc(-c3cncc(C(=O)S)c3)c(Cl)cc2N(c2ccccc2)C[C@H]1C1CCCCC1. The van der Waals surface area contributed by atoms with Crippen molar-refractivity contribution in [3.63, 3.8) is 0 Å². The van der Waals surface area contributed by atoms with Gasteiger partial charge >= 0.3 is 0 Å². The number of aromatic nitrogens is 1. The van der Waals surface area contributed by atoms with Crippen molar-refractivity contribution in [1.29, 1.82) is 0 Å². The van der Waals surface area contributed by atoms with Crippen LogP contribution in [0.1, 0.15) is 49.4 Å². The molecule has 0 N–H and O–H groups in total. The molecule has 4 nitrogen and oxygen atoms in total. The monoisotopic (exact) mass is 536 g/mol. The van der Waals surface area contributed by atoms with Gasteiger partial charge in [0.15, 0.2) is 0 Å². The molecule has 0 amide bonds. The van der Waals surface area contributed by atoms with E-state index >= 15 is 0 Å². The molecule has 0 saturated heterocycles. The molecular formula is C29H29ClN2O2S2. The van der Waals surface area contributed by atoms with Crippen molar-refractivity contribution in [2.45, 2.75) is 43.9 Å². The second-order valence-electron chi connectivity index (χ2n) is 9.68. The van der Waals surface area contributed by atoms with Crippen LogP contribution >= 0.6 is 24.2 Å². The lowest BCUT2D eigenvalue weighted by atomic mass is 9.77. The highest BCUT2D eigenvalue weighted by Crippen LogP contribution is 2.44. The minimum absolute atomic E-state index is 0.323. The molecule has 186 valence electrons. The molecule has 2 heterocycles. The highest BCUT2D eigenvalue weighted by molar-refractivity contribution is 7.97. The molecule has 0 radical (unpaired) electrons. The van der Waals surface area contributed by atoms with E-state index in [1.54, 1.807) is 12.3 Å². The van der Waals surface area contributed by atoms with E-state index in [9.17, 15) is 9.00 Å². The molecular weight excluding hydrogens is 508 g/mol. The summed E-state index contributed by atoms with van der Waals surface area (Å²) < 4.78 is 13.8. The fraction of sp³-hybridized carbons (Fsp3) is 0.310. The number of fused-ring (bicyclic) bond motifs is 1. The third kappa shape index (κ3) is 5.17. The number of halogens is 1. The number of benzene rings is 2. The van der Waals surface area contributed by atoms with Gasteiger partial charge in [0.05, 0.1) is 26.4 Å². The van der Waals surface area contributed by atoms with Crippen molar-refractivity contribution >= 4 is 51.5 Å². The summed E-state index contributed by atoms with van der Waals surface area (Å²) in [6.07, 6.45) is 9.39. The minimum atomic E-state index is -1.36. The number of pyridine rings is 1. The summed E-state index contributed by atoms with van der Waals surface area (Å²) in [6.45, 7) is 2.94. The zero-order valence-corrected chi connectivity index (χ0v) is 22.7. The van der Waals surface area contributed by atoms with Crippen LogP contribution in [0.4, 0.5) is 11.4 Å². The first-order valence-electron chi connectivity index (χ1n) is 12.4. The summed E-state index contributed by atoms with van der Waals surface area (Å²) in [5, 5.41) is 2.09. The minimum Gasteiger partial charge on any atom is -0.340 e. The normalized spacial score (nSPS) is 20.8. The van der Waals surface area contributed by atoms with Crippen LogP contribution in [0.3, 0.4) is 0 Å². The molecule has 7 heteroatoms. The van der Waals surface area contributed by atoms with Gasteiger partial charge in [-0.15, -0.1) is 12.6 Å². The van der Waals surface area contributed by atoms with Gasteiger partial charge < -0.3 is 4.90 Å². The lowest BCUT2D eigenvalue weighted by Gasteiger charge is -2.38. The fourth-order valence-corrected chi connectivity index (χ4v) is 7.15. The first-order chi connectivity index (χ1) is 17.4. The van der Waals surface area contributed by atoms with Crippen LogP contribution in [-0.2, 0) is 10.8 Å². The molecule has 5 rings (SSSR count). The Hall–Kier alpha value is -2.41. The number of hydrogen-bond donors (Lipinski definition) is 1. The van der Waals surface area contributed by atoms with E-state index < -0.39 is 10.8 Å². The average molecular weight is 537 g/mol. The average Bonchev–Trinajstić information content (AvgIpc) is 2.89. The number of thiol groups is 1. The van der Waals surface area contributed by atoms with Gasteiger partial charge in [0, 0.05) is 52.6 Å². The predicted molar refractivity (Wildman–Crippen MR) is 152 cm³/mol. The smallest absolute Gasteiger partial charge is 0.217 e. The number of hydrogen-bond acceptors (Lipinski definition) is 4. The summed E-state index contributed by atoms with van der Waals surface area (Å²) >= 11 is 10.8. The second-order valence-corrected chi connectivity index (χ2v) is 11.8. The van der Waals surface area contributed by atoms with E-state index in [0.717, 1.165) is 17.9 Å². The molecule has 2 aromatic carbocycles. The molecule has 1 aliphatic carbocycles. The Morgan fingerprint density at radius 1 is 1.08 bits per heavy atom. The Balaban J connectivity index is 1.66. The quantitative estimate of drug-likeness (QED) is 0.345. The summed E-state index contributed by atoms with van der Waals surface area (Å²) in [7, 11) is -1.36. The molecule has 36 heavy (non-hydrogen) atoms. The van der Waals surface area contributed by atoms with Crippen molar-refractivity contribution in [2.75, 3.05) is 11.4 Å². The van der Waals surface area contributed by atoms with Crippen LogP contribution in [0.25, 0.3) is 11.1 Å². The third-order valence-corrected chi connectivity index (χ3v) is 9.31. The summed E-state index contributed by atoms with van der Waals surface area (Å²) in [5.41, 5.74) is 4.86. The van der Waals surface area contributed by atoms with E-state index in [1.165, 1.54) is 43.9 Å². The molecule has 3 aromatic rings. The number of anilines is 2. The Bertz CT molecular complexity index is 1340. The zero-order valence-electron chi connectivity index (χ0n) is 20.2. The summed E-state index contributed by atoms with van der Waals surface area (Å²) in [6, 6.07) is 15.8. The van der Waals surface area contributed by atoms with Crippen LogP contribution in [0.5, 0.6) is 0 Å². The molecule has 1 aliphatic heterocycles. The number of para-hydroxylation sites is 1. The van der Waals surface area contributed by atoms with Gasteiger partial charge in [0.1, 0.15) is 0 Å². The number of rotatable bonds is 4. The standard InChI is InChI=1S/C29H29ClN2O2S2/c1-19-18-36(34)28-13-24(21-12-22(29(33)35)16-31-15-21)26(30)14-27(28)32(23-10-6-3-7-11-23)17-25(19)20-8-4-2-5-9-20/h3,6-7,10-16,18,20,25H,2,4-5,8-9,17H2,1H3,(H,33,35)/t25-,36?/m1/s1. The van der Waals surface area contributed by atoms with Crippen molar-refractivity contribution in [3.8, 4) is 11.1 Å². The molecule has 1 unspecified atom stereocenters. The lowest BCUT2D eigenvalue weighted by molar-refractivity contribution is 0.109. The molecule has 2 aliphatic rings. The van der Waals surface area contributed by atoms with Gasteiger partial charge in [-0.05, 0) is 56.0 Å². The van der Waals surface area contributed by atoms with Crippen molar-refractivity contribution in [3.05, 3.63) is 82.5 Å². The van der Waals surface area contributed by atoms with Crippen LogP contribution in [0, 0.1) is 11.8 Å². The first-order valence-corrected chi connectivity index (χ1v) is 14.4. The lowest BCUT2D eigenvalue weighted by Crippen LogP contribution is -2.33. The van der Waals surface area contributed by atoms with E-state index in [0.29, 0.717) is 38.4 Å². The molecule has 1 fully saturated rings. The largest absolute Gasteiger partial charge is 0.340 e. The fourth-order valence-electron chi connectivity index (χ4n) is 5.51. The van der Waals surface area contributed by atoms with Crippen LogP contribution in [-0.4, -0.2) is 20.9 Å². The van der Waals surface area contributed by atoms with Crippen molar-refractivity contribution in [2.24, 2.45) is 11.8 Å². The van der Waals surface area contributed by atoms with Crippen molar-refractivity contribution < 1.29 is 9.00 Å². The maximum absolute atomic E-state index is 13.8. The Morgan fingerprint density at radius 2 is 1.83 bits per heavy atom. The molecule has 0 spiro atoms. The molecule has 1 saturated carbocycles. The number of carbonyl (C=O) groups excluding carboxylic acids is 1. The highest BCUT2D eigenvalue weighted by atomic mass is 35.5. The highest BCUT2D eigenvalue weighted by Gasteiger charge is 2.31. The molecule has 2 atom stereocenters. The van der Waals surface area contributed by atoms with Crippen LogP contribution < -0.4 is 4.90 Å². The molecule has 1 aromatic heterocycles. The zero-order chi connectivity index (χ0) is 25.2. The maximum atomic E-state index is 13.8. The van der Waals surface area contributed by atoms with Gasteiger partial charge in [0.25, 0.3) is 0 Å². The Labute approximate surface area is 225 Å². The van der Waals surface area contributed by atoms with Gasteiger partial charge in [0.2, 0.25) is 5.12 Å². The van der Waals surface area contributed by atoms with E-state index in [-0.39, 0.29) is 5.12 Å². The van der Waals surface area contributed by atoms with Crippen LogP contribution in [0.15, 0.2) is 76.8 Å². The van der Waals surface area contributed by atoms with E-state index in [2.05, 4.69) is 41.6 Å². The number of carbonyl (C=O) groups is 1. The predicted octanol–water partition coefficient (Wildman–Crippen LogP) is 7.83. The second kappa shape index (κ2) is 10.9. The maximum Gasteiger partial charge on any atom is 0.217 e. The van der Waals surface area contributed by atoms with E-state index in [4.69, 9.17) is 11.6 Å². The van der Waals surface area contributed by atoms with Crippen molar-refractivity contribution in [1.82, 2.24) is 4.98 Å². The topological polar surface area (TPSA) is 50.3 Å². The van der Waals surface area contributed by atoms with Gasteiger partial charge in [-0.25, -0.2) is 4.21 Å². The molecule has 0 bridgehead atoms. The number of nitrogens with zero attached hydrogens (tertiary/aromatic N) is 2. The van der Waals surface area contributed by atoms with Gasteiger partial charge in [-0.3, -0.25) is 9.78 Å². The first kappa shape index (κ1) is 25.2. The van der Waals surface area contributed by atoms with Gasteiger partial charge in [-0.1, -0.05) is 54.6 Å².